The van der Waals surface area contributed by atoms with Crippen LogP contribution < -0.4 is 9.46 Å². The molecule has 2 N–H and O–H groups in total. The van der Waals surface area contributed by atoms with E-state index in [1.807, 2.05) is 43.3 Å². The maximum absolute atomic E-state index is 12.3. The first-order valence-electron chi connectivity index (χ1n) is 14.6. The molecule has 0 spiro atoms. The molecule has 0 aliphatic heterocycles. The number of sulfonamides is 1. The van der Waals surface area contributed by atoms with E-state index < -0.39 is 16.1 Å². The van der Waals surface area contributed by atoms with Crippen molar-refractivity contribution in [1.82, 2.24) is 4.90 Å². The molecule has 1 aliphatic rings. The number of nitrogens with zero attached hydrogens (tertiary/aromatic N) is 1. The Morgan fingerprint density at radius 1 is 0.881 bits per heavy atom. The van der Waals surface area contributed by atoms with Gasteiger partial charge in [-0.25, -0.2) is 8.42 Å². The lowest BCUT2D eigenvalue weighted by molar-refractivity contribution is 0.0391. The summed E-state index contributed by atoms with van der Waals surface area (Å²) in [4.78, 5) is 2.43. The van der Waals surface area contributed by atoms with Crippen LogP contribution in [0.25, 0.3) is 0 Å². The summed E-state index contributed by atoms with van der Waals surface area (Å²) < 4.78 is 33.4. The average molecular weight is 585 g/mol. The van der Waals surface area contributed by atoms with Crippen LogP contribution in [0.1, 0.15) is 54.2 Å². The van der Waals surface area contributed by atoms with Crippen LogP contribution in [0, 0.1) is 0 Å². The Morgan fingerprint density at radius 2 is 1.52 bits per heavy atom. The highest BCUT2D eigenvalue weighted by molar-refractivity contribution is 7.92. The van der Waals surface area contributed by atoms with Crippen molar-refractivity contribution in [3.63, 3.8) is 0 Å². The largest absolute Gasteiger partial charge is 0.487 e. The third-order valence-electron chi connectivity index (χ3n) is 7.99. The van der Waals surface area contributed by atoms with Crippen LogP contribution >= 0.6 is 0 Å². The number of β-amino-alcohol motifs (C(OH)–C–C–N with tert-alkyl or cyclic N) is 1. The maximum Gasteiger partial charge on any atom is 0.232 e. The van der Waals surface area contributed by atoms with Crippen LogP contribution in [0.4, 0.5) is 5.69 Å². The number of aliphatic hydroxyl groups is 1. The molecule has 1 atom stereocenters. The molecule has 0 amide bonds. The molecule has 42 heavy (non-hydrogen) atoms. The van der Waals surface area contributed by atoms with Gasteiger partial charge in [0.15, 0.2) is 0 Å². The zero-order valence-corrected chi connectivity index (χ0v) is 25.2. The molecular weight excluding hydrogens is 544 g/mol. The van der Waals surface area contributed by atoms with Crippen molar-refractivity contribution < 1.29 is 18.3 Å². The van der Waals surface area contributed by atoms with Crippen molar-refractivity contribution in [2.75, 3.05) is 17.0 Å². The number of para-hydroxylation sites is 2. The Balaban J connectivity index is 1.30. The van der Waals surface area contributed by atoms with Crippen LogP contribution in [0.3, 0.4) is 0 Å². The average Bonchev–Trinajstić information content (AvgIpc) is 3.34. The fourth-order valence-corrected chi connectivity index (χ4v) is 6.96. The van der Waals surface area contributed by atoms with Gasteiger partial charge >= 0.3 is 0 Å². The number of aliphatic hydroxyl groups excluding tert-OH is 1. The smallest absolute Gasteiger partial charge is 0.232 e. The molecule has 4 aromatic carbocycles. The molecule has 7 heteroatoms. The van der Waals surface area contributed by atoms with Crippen molar-refractivity contribution in [1.29, 1.82) is 0 Å². The van der Waals surface area contributed by atoms with E-state index >= 15 is 0 Å². The van der Waals surface area contributed by atoms with Gasteiger partial charge in [0.05, 0.1) is 17.5 Å². The molecule has 0 radical (unpaired) electrons. The minimum Gasteiger partial charge on any atom is -0.487 e. The van der Waals surface area contributed by atoms with Gasteiger partial charge in [0.25, 0.3) is 0 Å². The second kappa shape index (κ2) is 13.1. The molecule has 5 rings (SSSR count). The van der Waals surface area contributed by atoms with E-state index in [0.717, 1.165) is 30.5 Å². The molecule has 0 heterocycles. The lowest BCUT2D eigenvalue weighted by Crippen LogP contribution is -2.48. The third-order valence-corrected chi connectivity index (χ3v) is 9.47. The first kappa shape index (κ1) is 29.8. The standard InChI is InChI=1S/C35H40N2O4S/c1-3-20-42(39,40)36-32-18-9-10-19-34(32)41-26-28-14-11-17-29(21-28)33(38)25-37(24-27-12-5-4-6-13-27)35(2)22-30-15-7-8-16-31(30)23-35/h4-19,21,33,36,38H,3,20,22-26H2,1-2H3/t33-/m0/s1. The van der Waals surface area contributed by atoms with Gasteiger partial charge in [-0.05, 0) is 72.2 Å². The number of hydrogen-bond donors (Lipinski definition) is 2. The quantitative estimate of drug-likeness (QED) is 0.187. The minimum atomic E-state index is -3.44. The first-order valence-corrected chi connectivity index (χ1v) is 16.2. The van der Waals surface area contributed by atoms with Gasteiger partial charge in [0.2, 0.25) is 10.0 Å². The monoisotopic (exact) mass is 584 g/mol. The molecule has 6 nitrogen and oxygen atoms in total. The van der Waals surface area contributed by atoms with Gasteiger partial charge < -0.3 is 9.84 Å². The normalized spacial score (nSPS) is 14.9. The molecule has 0 fully saturated rings. The SMILES string of the molecule is CCCS(=O)(=O)Nc1ccccc1OCc1cccc([C@@H](O)CN(Cc2ccccc2)C2(C)Cc3ccccc3C2)c1. The van der Waals surface area contributed by atoms with Crippen molar-refractivity contribution in [2.45, 2.75) is 57.9 Å². The van der Waals surface area contributed by atoms with E-state index in [1.165, 1.54) is 16.7 Å². The molecule has 0 saturated heterocycles. The zero-order valence-electron chi connectivity index (χ0n) is 24.4. The van der Waals surface area contributed by atoms with Gasteiger partial charge in [0, 0.05) is 18.6 Å². The highest BCUT2D eigenvalue weighted by Gasteiger charge is 2.38. The van der Waals surface area contributed by atoms with Gasteiger partial charge in [-0.15, -0.1) is 0 Å². The number of hydrogen-bond acceptors (Lipinski definition) is 5. The van der Waals surface area contributed by atoms with Crippen LogP contribution in [0.5, 0.6) is 5.75 Å². The summed E-state index contributed by atoms with van der Waals surface area (Å²) in [5.41, 5.74) is 6.00. The summed E-state index contributed by atoms with van der Waals surface area (Å²) in [6.07, 6.45) is 1.72. The number of rotatable bonds is 13. The molecule has 0 bridgehead atoms. The van der Waals surface area contributed by atoms with Crippen LogP contribution in [0.15, 0.2) is 103 Å². The highest BCUT2D eigenvalue weighted by atomic mass is 32.2. The van der Waals surface area contributed by atoms with Crippen molar-refractivity contribution >= 4 is 15.7 Å². The molecular formula is C35H40N2O4S. The van der Waals surface area contributed by atoms with Gasteiger partial charge in [-0.2, -0.15) is 0 Å². The molecule has 0 saturated carbocycles. The summed E-state index contributed by atoms with van der Waals surface area (Å²) in [7, 11) is -3.44. The minimum absolute atomic E-state index is 0.0493. The fraction of sp³-hybridized carbons (Fsp3) is 0.314. The van der Waals surface area contributed by atoms with E-state index in [1.54, 1.807) is 18.2 Å². The van der Waals surface area contributed by atoms with Crippen molar-refractivity contribution in [3.8, 4) is 5.75 Å². The number of anilines is 1. The van der Waals surface area contributed by atoms with Gasteiger partial charge in [-0.1, -0.05) is 91.9 Å². The number of nitrogens with one attached hydrogen (secondary N) is 1. The number of fused-ring (bicyclic) bond motifs is 1. The Kier molecular flexibility index (Phi) is 9.31. The van der Waals surface area contributed by atoms with Crippen LogP contribution in [-0.4, -0.2) is 36.3 Å². The van der Waals surface area contributed by atoms with Gasteiger partial charge in [0.1, 0.15) is 12.4 Å². The lowest BCUT2D eigenvalue weighted by atomic mass is 9.93. The maximum atomic E-state index is 12.3. The predicted molar refractivity (Wildman–Crippen MR) is 169 cm³/mol. The summed E-state index contributed by atoms with van der Waals surface area (Å²) in [5.74, 6) is 0.513. The second-order valence-electron chi connectivity index (χ2n) is 11.5. The summed E-state index contributed by atoms with van der Waals surface area (Å²) >= 11 is 0. The highest BCUT2D eigenvalue weighted by Crippen LogP contribution is 2.36. The van der Waals surface area contributed by atoms with E-state index in [9.17, 15) is 13.5 Å². The van der Waals surface area contributed by atoms with Crippen molar-refractivity contribution in [2.24, 2.45) is 0 Å². The lowest BCUT2D eigenvalue weighted by Gasteiger charge is -2.40. The first-order chi connectivity index (χ1) is 20.2. The molecule has 1 aliphatic carbocycles. The Morgan fingerprint density at radius 3 is 2.24 bits per heavy atom. The van der Waals surface area contributed by atoms with Gasteiger partial charge in [-0.3, -0.25) is 9.62 Å². The fourth-order valence-electron chi connectivity index (χ4n) is 5.82. The van der Waals surface area contributed by atoms with E-state index in [-0.39, 0.29) is 17.9 Å². The Labute approximate surface area is 250 Å². The molecule has 0 unspecified atom stereocenters. The van der Waals surface area contributed by atoms with Crippen molar-refractivity contribution in [3.05, 3.63) is 131 Å². The molecule has 0 aromatic heterocycles. The van der Waals surface area contributed by atoms with E-state index in [2.05, 4.69) is 65.1 Å². The summed E-state index contributed by atoms with van der Waals surface area (Å²) in [6, 6.07) is 33.9. The second-order valence-corrected chi connectivity index (χ2v) is 13.3. The third kappa shape index (κ3) is 7.40. The predicted octanol–water partition coefficient (Wildman–Crippen LogP) is 6.51. The molecule has 220 valence electrons. The van der Waals surface area contributed by atoms with Crippen LogP contribution in [0.2, 0.25) is 0 Å². The van der Waals surface area contributed by atoms with E-state index in [4.69, 9.17) is 4.74 Å². The Hall–Kier alpha value is -3.65. The topological polar surface area (TPSA) is 78.9 Å². The summed E-state index contributed by atoms with van der Waals surface area (Å²) in [6.45, 7) is 5.62. The molecule has 4 aromatic rings. The Bertz CT molecular complexity index is 1560. The van der Waals surface area contributed by atoms with E-state index in [0.29, 0.717) is 24.4 Å². The van der Waals surface area contributed by atoms with Crippen LogP contribution in [-0.2, 0) is 36.0 Å². The summed E-state index contributed by atoms with van der Waals surface area (Å²) in [5, 5.41) is 11.5. The zero-order chi connectivity index (χ0) is 29.6. The number of benzene rings is 4. The number of ether oxygens (including phenoxy) is 1.